The minimum Gasteiger partial charge on any atom is -0.385 e. The van der Waals surface area contributed by atoms with Crippen LogP contribution in [0.5, 0.6) is 0 Å². The smallest absolute Gasteiger partial charge is 0.0465 e. The molecule has 0 heterocycles. The van der Waals surface area contributed by atoms with Gasteiger partial charge in [-0.3, -0.25) is 0 Å². The van der Waals surface area contributed by atoms with Crippen molar-refractivity contribution < 1.29 is 4.74 Å². The fraction of sp³-hybridized carbons (Fsp3) is 1.00. The largest absolute Gasteiger partial charge is 0.385 e. The predicted octanol–water partition coefficient (Wildman–Crippen LogP) is 2.90. The van der Waals surface area contributed by atoms with Crippen LogP contribution in [0, 0.1) is 5.92 Å². The van der Waals surface area contributed by atoms with E-state index in [2.05, 4.69) is 38.2 Å². The Labute approximate surface area is 120 Å². The molecule has 0 aromatic carbocycles. The van der Waals surface area contributed by atoms with Crippen molar-refractivity contribution in [2.75, 3.05) is 34.4 Å². The molecule has 3 heteroatoms. The maximum atomic E-state index is 5.28. The molecule has 0 aromatic heterocycles. The van der Waals surface area contributed by atoms with Gasteiger partial charge in [-0.1, -0.05) is 26.7 Å². The van der Waals surface area contributed by atoms with Crippen LogP contribution in [-0.4, -0.2) is 50.8 Å². The van der Waals surface area contributed by atoms with E-state index in [0.29, 0.717) is 17.5 Å². The van der Waals surface area contributed by atoms with Crippen molar-refractivity contribution >= 4 is 0 Å². The van der Waals surface area contributed by atoms with Gasteiger partial charge in [0.25, 0.3) is 0 Å². The van der Waals surface area contributed by atoms with Crippen LogP contribution in [0.4, 0.5) is 0 Å². The highest BCUT2D eigenvalue weighted by Crippen LogP contribution is 2.39. The minimum atomic E-state index is 0.350. The van der Waals surface area contributed by atoms with Crippen molar-refractivity contribution in [1.29, 1.82) is 0 Å². The van der Waals surface area contributed by atoms with Gasteiger partial charge in [0.1, 0.15) is 0 Å². The van der Waals surface area contributed by atoms with E-state index in [1.807, 2.05) is 0 Å². The van der Waals surface area contributed by atoms with Crippen molar-refractivity contribution in [1.82, 2.24) is 10.2 Å². The number of likely N-dealkylation sites (N-methyl/N-ethyl adjacent to an activating group) is 1. The summed E-state index contributed by atoms with van der Waals surface area (Å²) >= 11 is 0. The summed E-state index contributed by atoms with van der Waals surface area (Å²) in [4.78, 5) is 2.48. The van der Waals surface area contributed by atoms with E-state index >= 15 is 0 Å². The molecule has 2 unspecified atom stereocenters. The Balaban J connectivity index is 2.80. The molecule has 0 bridgehead atoms. The summed E-state index contributed by atoms with van der Waals surface area (Å²) < 4.78 is 5.28. The third-order valence-electron chi connectivity index (χ3n) is 4.90. The Morgan fingerprint density at radius 3 is 2.37 bits per heavy atom. The molecule has 0 aliphatic heterocycles. The zero-order valence-electron chi connectivity index (χ0n) is 13.7. The third-order valence-corrected chi connectivity index (χ3v) is 4.90. The molecular weight excluding hydrogens is 236 g/mol. The first-order valence-electron chi connectivity index (χ1n) is 7.98. The number of methoxy groups -OCH3 is 1. The molecule has 114 valence electrons. The molecule has 1 saturated carbocycles. The molecule has 2 atom stereocenters. The highest BCUT2D eigenvalue weighted by atomic mass is 16.5. The number of ether oxygens (including phenoxy) is 1. The van der Waals surface area contributed by atoms with Crippen molar-refractivity contribution in [3.8, 4) is 0 Å². The number of nitrogens with zero attached hydrogens (tertiary/aromatic N) is 1. The SMILES string of the molecule is CCCNC(C(C)CCOC)C1(N(C)C)CCCC1. The molecule has 0 aromatic rings. The average Bonchev–Trinajstić information content (AvgIpc) is 2.87. The summed E-state index contributed by atoms with van der Waals surface area (Å²) in [5.74, 6) is 0.659. The van der Waals surface area contributed by atoms with Gasteiger partial charge in [-0.25, -0.2) is 0 Å². The summed E-state index contributed by atoms with van der Waals surface area (Å²) in [6, 6.07) is 0.583. The van der Waals surface area contributed by atoms with Crippen LogP contribution in [0.3, 0.4) is 0 Å². The molecule has 0 amide bonds. The quantitative estimate of drug-likeness (QED) is 0.697. The maximum absolute atomic E-state index is 5.28. The lowest BCUT2D eigenvalue weighted by Gasteiger charge is -2.46. The van der Waals surface area contributed by atoms with Gasteiger partial charge in [0.05, 0.1) is 0 Å². The molecule has 1 aliphatic rings. The van der Waals surface area contributed by atoms with Crippen molar-refractivity contribution in [3.63, 3.8) is 0 Å². The van der Waals surface area contributed by atoms with E-state index in [0.717, 1.165) is 19.6 Å². The summed E-state index contributed by atoms with van der Waals surface area (Å²) in [5, 5.41) is 3.84. The molecule has 1 fully saturated rings. The van der Waals surface area contributed by atoms with Gasteiger partial charge in [0.2, 0.25) is 0 Å². The van der Waals surface area contributed by atoms with Gasteiger partial charge in [-0.2, -0.15) is 0 Å². The van der Waals surface area contributed by atoms with Crippen LogP contribution < -0.4 is 5.32 Å². The fourth-order valence-corrected chi connectivity index (χ4v) is 3.71. The van der Waals surface area contributed by atoms with Gasteiger partial charge in [0.15, 0.2) is 0 Å². The number of rotatable bonds is 9. The topological polar surface area (TPSA) is 24.5 Å². The third kappa shape index (κ3) is 4.17. The molecule has 0 radical (unpaired) electrons. The molecule has 19 heavy (non-hydrogen) atoms. The zero-order chi connectivity index (χ0) is 14.3. The van der Waals surface area contributed by atoms with Gasteiger partial charge in [-0.15, -0.1) is 0 Å². The van der Waals surface area contributed by atoms with Crippen molar-refractivity contribution in [2.24, 2.45) is 5.92 Å². The summed E-state index contributed by atoms with van der Waals surface area (Å²) in [6.07, 6.45) is 7.76. The van der Waals surface area contributed by atoms with E-state index in [1.165, 1.54) is 32.1 Å². The van der Waals surface area contributed by atoms with Crippen LogP contribution in [0.15, 0.2) is 0 Å². The molecule has 1 rings (SSSR count). The lowest BCUT2D eigenvalue weighted by atomic mass is 9.78. The lowest BCUT2D eigenvalue weighted by molar-refractivity contribution is 0.0654. The second-order valence-corrected chi connectivity index (χ2v) is 6.40. The molecule has 0 spiro atoms. The van der Waals surface area contributed by atoms with E-state index in [9.17, 15) is 0 Å². The Morgan fingerprint density at radius 1 is 1.26 bits per heavy atom. The van der Waals surface area contributed by atoms with Crippen LogP contribution in [0.25, 0.3) is 0 Å². The highest BCUT2D eigenvalue weighted by molar-refractivity contribution is 5.03. The second-order valence-electron chi connectivity index (χ2n) is 6.40. The summed E-state index contributed by atoms with van der Waals surface area (Å²) in [5.41, 5.74) is 0.350. The van der Waals surface area contributed by atoms with Crippen molar-refractivity contribution in [3.05, 3.63) is 0 Å². The maximum Gasteiger partial charge on any atom is 0.0465 e. The minimum absolute atomic E-state index is 0.350. The number of nitrogens with one attached hydrogen (secondary N) is 1. The van der Waals surface area contributed by atoms with Gasteiger partial charge >= 0.3 is 0 Å². The van der Waals surface area contributed by atoms with Crippen LogP contribution in [-0.2, 0) is 4.74 Å². The van der Waals surface area contributed by atoms with Crippen molar-refractivity contribution in [2.45, 2.75) is 64.0 Å². The first-order valence-corrected chi connectivity index (χ1v) is 7.98. The van der Waals surface area contributed by atoms with Crippen LogP contribution in [0.1, 0.15) is 52.4 Å². The monoisotopic (exact) mass is 270 g/mol. The van der Waals surface area contributed by atoms with Gasteiger partial charge in [0, 0.05) is 25.3 Å². The van der Waals surface area contributed by atoms with E-state index in [-0.39, 0.29) is 0 Å². The second kappa shape index (κ2) is 8.23. The first kappa shape index (κ1) is 16.9. The Morgan fingerprint density at radius 2 is 1.89 bits per heavy atom. The predicted molar refractivity (Wildman–Crippen MR) is 82.6 cm³/mol. The highest BCUT2D eigenvalue weighted by Gasteiger charge is 2.44. The van der Waals surface area contributed by atoms with Crippen LogP contribution >= 0.6 is 0 Å². The number of hydrogen-bond donors (Lipinski definition) is 1. The van der Waals surface area contributed by atoms with E-state index in [4.69, 9.17) is 4.74 Å². The molecular formula is C16H34N2O. The molecule has 1 aliphatic carbocycles. The summed E-state index contributed by atoms with van der Waals surface area (Å²) in [6.45, 7) is 6.63. The molecule has 3 nitrogen and oxygen atoms in total. The fourth-order valence-electron chi connectivity index (χ4n) is 3.71. The van der Waals surface area contributed by atoms with E-state index in [1.54, 1.807) is 7.11 Å². The first-order chi connectivity index (χ1) is 9.08. The summed E-state index contributed by atoms with van der Waals surface area (Å²) in [7, 11) is 6.32. The standard InChI is InChI=1S/C16H34N2O/c1-6-12-17-15(14(2)9-13-19-5)16(18(3)4)10-7-8-11-16/h14-15,17H,6-13H2,1-5H3. The number of hydrogen-bond acceptors (Lipinski definition) is 3. The Bertz CT molecular complexity index is 237. The Hall–Kier alpha value is -0.120. The Kier molecular flexibility index (Phi) is 7.33. The molecule has 1 N–H and O–H groups in total. The lowest BCUT2D eigenvalue weighted by Crippen LogP contribution is -2.60. The van der Waals surface area contributed by atoms with Gasteiger partial charge < -0.3 is 15.0 Å². The van der Waals surface area contributed by atoms with E-state index < -0.39 is 0 Å². The zero-order valence-corrected chi connectivity index (χ0v) is 13.7. The average molecular weight is 270 g/mol. The molecule has 0 saturated heterocycles. The van der Waals surface area contributed by atoms with Gasteiger partial charge in [-0.05, 0) is 52.2 Å². The normalized spacial score (nSPS) is 21.8. The van der Waals surface area contributed by atoms with Crippen LogP contribution in [0.2, 0.25) is 0 Å².